The van der Waals surface area contributed by atoms with Crippen molar-refractivity contribution in [3.05, 3.63) is 85.1 Å². The van der Waals surface area contributed by atoms with E-state index >= 15 is 0 Å². The molecular weight excluding hydrogens is 841 g/mol. The van der Waals surface area contributed by atoms with Crippen LogP contribution < -0.4 is 0 Å². The largest absolute Gasteiger partial charge is 0.462 e. The summed E-state index contributed by atoms with van der Waals surface area (Å²) in [5.41, 5.74) is 0. The van der Waals surface area contributed by atoms with E-state index < -0.39 is 12.1 Å². The standard InChI is InChI=1S/C62H106O6/c1-4-7-10-13-16-19-21-23-25-26-27-28-29-30-31-32-33-34-35-36-38-39-41-43-46-49-52-55-61(64)67-58-59(57-66-60(63)54-51-48-45-18-15-12-9-6-3)68-62(65)56-53-50-47-44-42-40-37-24-22-20-17-14-11-8-5-2/h8,11,17,20-21,23-24,26-27,37,42,44,50,53,59H,4-7,9-10,12-16,18-19,22,25,28-36,38-41,43,45-49,51-52,54-58H2,1-3H3/b11-8-,20-17-,23-21-,27-26-,37-24-,44-42-,53-50-. The molecule has 0 heterocycles. The maximum Gasteiger partial charge on any atom is 0.310 e. The number of allylic oxidation sites excluding steroid dienone is 13. The van der Waals surface area contributed by atoms with Gasteiger partial charge in [-0.1, -0.05) is 260 Å². The Morgan fingerprint density at radius 1 is 0.324 bits per heavy atom. The van der Waals surface area contributed by atoms with Gasteiger partial charge >= 0.3 is 17.9 Å². The molecule has 0 aromatic carbocycles. The maximum absolute atomic E-state index is 12.7. The molecule has 0 spiro atoms. The normalized spacial score (nSPS) is 12.7. The van der Waals surface area contributed by atoms with E-state index in [2.05, 4.69) is 93.7 Å². The molecule has 0 aliphatic heterocycles. The van der Waals surface area contributed by atoms with Crippen molar-refractivity contribution in [2.24, 2.45) is 0 Å². The molecule has 0 N–H and O–H groups in total. The molecule has 0 rings (SSSR count). The van der Waals surface area contributed by atoms with Gasteiger partial charge in [0, 0.05) is 12.8 Å². The molecule has 390 valence electrons. The van der Waals surface area contributed by atoms with Crippen molar-refractivity contribution < 1.29 is 28.6 Å². The number of hydrogen-bond acceptors (Lipinski definition) is 6. The van der Waals surface area contributed by atoms with E-state index in [0.29, 0.717) is 12.8 Å². The topological polar surface area (TPSA) is 78.9 Å². The summed E-state index contributed by atoms with van der Waals surface area (Å²) in [6, 6.07) is 0. The van der Waals surface area contributed by atoms with E-state index in [1.54, 1.807) is 6.08 Å². The number of esters is 3. The van der Waals surface area contributed by atoms with Crippen molar-refractivity contribution in [3.63, 3.8) is 0 Å². The van der Waals surface area contributed by atoms with E-state index in [-0.39, 0.29) is 31.6 Å². The van der Waals surface area contributed by atoms with Crippen LogP contribution in [0.3, 0.4) is 0 Å². The average molecular weight is 948 g/mol. The molecule has 0 fully saturated rings. The SMILES string of the molecule is CC/C=C\C/C=C\C/C=C\C/C=C\C/C=C\CC(=O)OC(COC(=O)CCCCCCCCCC)COC(=O)CCCCCCCCCCCCCCCCC/C=C\C/C=C\CCCCCCC. The molecular formula is C62H106O6. The molecule has 1 atom stereocenters. The Balaban J connectivity index is 4.21. The highest BCUT2D eigenvalue weighted by atomic mass is 16.6. The van der Waals surface area contributed by atoms with Gasteiger partial charge in [-0.25, -0.2) is 0 Å². The molecule has 68 heavy (non-hydrogen) atoms. The molecule has 0 saturated heterocycles. The van der Waals surface area contributed by atoms with Crippen LogP contribution in [0, 0.1) is 0 Å². The Morgan fingerprint density at radius 3 is 0.971 bits per heavy atom. The third kappa shape index (κ3) is 53.5. The summed E-state index contributed by atoms with van der Waals surface area (Å²) in [5, 5.41) is 0. The summed E-state index contributed by atoms with van der Waals surface area (Å²) >= 11 is 0. The van der Waals surface area contributed by atoms with Crippen LogP contribution in [0.15, 0.2) is 85.1 Å². The van der Waals surface area contributed by atoms with Gasteiger partial charge < -0.3 is 14.2 Å². The molecule has 0 aromatic heterocycles. The van der Waals surface area contributed by atoms with Crippen LogP contribution in [-0.2, 0) is 28.6 Å². The van der Waals surface area contributed by atoms with Crippen LogP contribution in [0.2, 0.25) is 0 Å². The number of unbranched alkanes of at least 4 members (excludes halogenated alkanes) is 27. The highest BCUT2D eigenvalue weighted by Crippen LogP contribution is 2.16. The molecule has 6 heteroatoms. The smallest absolute Gasteiger partial charge is 0.310 e. The quantitative estimate of drug-likeness (QED) is 0.0262. The Kier molecular flexibility index (Phi) is 53.4. The Bertz CT molecular complexity index is 1320. The van der Waals surface area contributed by atoms with Crippen molar-refractivity contribution in [3.8, 4) is 0 Å². The van der Waals surface area contributed by atoms with Crippen molar-refractivity contribution in [1.29, 1.82) is 0 Å². The molecule has 0 radical (unpaired) electrons. The number of hydrogen-bond donors (Lipinski definition) is 0. The van der Waals surface area contributed by atoms with Crippen LogP contribution in [0.1, 0.15) is 271 Å². The molecule has 0 bridgehead atoms. The molecule has 0 aromatic rings. The second-order valence-electron chi connectivity index (χ2n) is 18.8. The molecule has 6 nitrogen and oxygen atoms in total. The molecule has 1 unspecified atom stereocenters. The van der Waals surface area contributed by atoms with Crippen LogP contribution in [-0.4, -0.2) is 37.2 Å². The fourth-order valence-electron chi connectivity index (χ4n) is 7.90. The van der Waals surface area contributed by atoms with Gasteiger partial charge in [0.25, 0.3) is 0 Å². The predicted molar refractivity (Wildman–Crippen MR) is 293 cm³/mol. The van der Waals surface area contributed by atoms with Crippen molar-refractivity contribution in [2.75, 3.05) is 13.2 Å². The van der Waals surface area contributed by atoms with Crippen LogP contribution in [0.25, 0.3) is 0 Å². The fraction of sp³-hybridized carbons (Fsp3) is 0.726. The minimum atomic E-state index is -0.827. The summed E-state index contributed by atoms with van der Waals surface area (Å²) in [6.07, 6.45) is 73.4. The molecule has 0 aliphatic rings. The van der Waals surface area contributed by atoms with Gasteiger partial charge in [0.15, 0.2) is 6.10 Å². The lowest BCUT2D eigenvalue weighted by molar-refractivity contribution is -0.166. The van der Waals surface area contributed by atoms with E-state index in [0.717, 1.165) is 77.0 Å². The van der Waals surface area contributed by atoms with Gasteiger partial charge in [0.1, 0.15) is 13.2 Å². The second-order valence-corrected chi connectivity index (χ2v) is 18.8. The fourth-order valence-corrected chi connectivity index (χ4v) is 7.90. The monoisotopic (exact) mass is 947 g/mol. The first-order valence-corrected chi connectivity index (χ1v) is 28.6. The Hall–Kier alpha value is -3.41. The number of ether oxygens (including phenoxy) is 3. The van der Waals surface area contributed by atoms with Gasteiger partial charge in [-0.3, -0.25) is 14.4 Å². The maximum atomic E-state index is 12.7. The third-order valence-electron chi connectivity index (χ3n) is 12.2. The first-order chi connectivity index (χ1) is 33.5. The van der Waals surface area contributed by atoms with E-state index in [4.69, 9.17) is 14.2 Å². The van der Waals surface area contributed by atoms with E-state index in [1.807, 2.05) is 6.08 Å². The minimum Gasteiger partial charge on any atom is -0.462 e. The first kappa shape index (κ1) is 64.6. The highest BCUT2D eigenvalue weighted by molar-refractivity contribution is 5.72. The van der Waals surface area contributed by atoms with Gasteiger partial charge in [-0.15, -0.1) is 0 Å². The van der Waals surface area contributed by atoms with Crippen molar-refractivity contribution >= 4 is 17.9 Å². The average Bonchev–Trinajstić information content (AvgIpc) is 3.34. The number of carbonyl (C=O) groups excluding carboxylic acids is 3. The molecule has 0 saturated carbocycles. The van der Waals surface area contributed by atoms with Crippen LogP contribution in [0.4, 0.5) is 0 Å². The van der Waals surface area contributed by atoms with Gasteiger partial charge in [0.05, 0.1) is 6.42 Å². The summed E-state index contributed by atoms with van der Waals surface area (Å²) < 4.78 is 16.7. The molecule has 0 aliphatic carbocycles. The summed E-state index contributed by atoms with van der Waals surface area (Å²) in [5.74, 6) is -1.04. The lowest BCUT2D eigenvalue weighted by Gasteiger charge is -2.18. The van der Waals surface area contributed by atoms with E-state index in [1.165, 1.54) is 154 Å². The minimum absolute atomic E-state index is 0.0982. The number of rotatable bonds is 51. The molecule has 0 amide bonds. The summed E-state index contributed by atoms with van der Waals surface area (Å²) in [6.45, 7) is 6.41. The Labute approximate surface area is 420 Å². The zero-order valence-electron chi connectivity index (χ0n) is 44.6. The second kappa shape index (κ2) is 56.2. The summed E-state index contributed by atoms with van der Waals surface area (Å²) in [4.78, 5) is 37.9. The lowest BCUT2D eigenvalue weighted by Crippen LogP contribution is -2.30. The predicted octanol–water partition coefficient (Wildman–Crippen LogP) is 19.2. The zero-order valence-corrected chi connectivity index (χ0v) is 44.6. The zero-order chi connectivity index (χ0) is 49.3. The Morgan fingerprint density at radius 2 is 0.618 bits per heavy atom. The van der Waals surface area contributed by atoms with Gasteiger partial charge in [0.2, 0.25) is 0 Å². The summed E-state index contributed by atoms with van der Waals surface area (Å²) in [7, 11) is 0. The number of carbonyl (C=O) groups is 3. The van der Waals surface area contributed by atoms with Crippen LogP contribution >= 0.6 is 0 Å². The van der Waals surface area contributed by atoms with E-state index in [9.17, 15) is 14.4 Å². The van der Waals surface area contributed by atoms with Gasteiger partial charge in [-0.05, 0) is 77.0 Å². The first-order valence-electron chi connectivity index (χ1n) is 28.6. The third-order valence-corrected chi connectivity index (χ3v) is 12.2. The van der Waals surface area contributed by atoms with Gasteiger partial charge in [-0.2, -0.15) is 0 Å². The van der Waals surface area contributed by atoms with Crippen molar-refractivity contribution in [2.45, 2.75) is 277 Å². The lowest BCUT2D eigenvalue weighted by atomic mass is 10.0. The van der Waals surface area contributed by atoms with Crippen molar-refractivity contribution in [1.82, 2.24) is 0 Å². The van der Waals surface area contributed by atoms with Crippen LogP contribution in [0.5, 0.6) is 0 Å². The highest BCUT2D eigenvalue weighted by Gasteiger charge is 2.19.